The summed E-state index contributed by atoms with van der Waals surface area (Å²) in [5.41, 5.74) is 1.07. The van der Waals surface area contributed by atoms with E-state index in [2.05, 4.69) is 26.4 Å². The van der Waals surface area contributed by atoms with Crippen molar-refractivity contribution in [3.05, 3.63) is 30.0 Å². The van der Waals surface area contributed by atoms with Crippen molar-refractivity contribution in [2.24, 2.45) is 0 Å². The number of nitrogens with one attached hydrogen (secondary N) is 4. The van der Waals surface area contributed by atoms with Gasteiger partial charge >= 0.3 is 6.03 Å². The molecule has 2 atom stereocenters. The molecule has 168 valence electrons. The molecular weight excluding hydrogens is 400 g/mol. The second-order valence-electron chi connectivity index (χ2n) is 8.50. The Labute approximate surface area is 181 Å². The van der Waals surface area contributed by atoms with E-state index in [1.807, 2.05) is 27.7 Å². The fourth-order valence-corrected chi connectivity index (χ4v) is 3.24. The Kier molecular flexibility index (Phi) is 6.40. The van der Waals surface area contributed by atoms with Crippen molar-refractivity contribution < 1.29 is 19.1 Å². The molecule has 10 nitrogen and oxygen atoms in total. The second kappa shape index (κ2) is 8.84. The average Bonchev–Trinajstić information content (AvgIpc) is 3.11. The molecule has 1 aromatic heterocycles. The van der Waals surface area contributed by atoms with E-state index in [-0.39, 0.29) is 17.4 Å². The summed E-state index contributed by atoms with van der Waals surface area (Å²) in [6.45, 7) is 8.02. The van der Waals surface area contributed by atoms with Gasteiger partial charge in [0.2, 0.25) is 5.91 Å². The van der Waals surface area contributed by atoms with Crippen LogP contribution >= 0.6 is 0 Å². The lowest BCUT2D eigenvalue weighted by Gasteiger charge is -2.30. The molecule has 0 radical (unpaired) electrons. The molecule has 0 saturated carbocycles. The molecule has 10 heteroatoms. The van der Waals surface area contributed by atoms with Gasteiger partial charge in [0.15, 0.2) is 17.8 Å². The highest BCUT2D eigenvalue weighted by Crippen LogP contribution is 2.30. The zero-order valence-electron chi connectivity index (χ0n) is 18.7. The van der Waals surface area contributed by atoms with Gasteiger partial charge < -0.3 is 20.1 Å². The van der Waals surface area contributed by atoms with Crippen LogP contribution in [0.1, 0.15) is 46.1 Å². The van der Waals surface area contributed by atoms with Gasteiger partial charge in [-0.25, -0.2) is 9.48 Å². The molecule has 0 aliphatic carbocycles. The summed E-state index contributed by atoms with van der Waals surface area (Å²) >= 11 is 0. The predicted molar refractivity (Wildman–Crippen MR) is 118 cm³/mol. The van der Waals surface area contributed by atoms with Gasteiger partial charge in [-0.05, 0) is 19.1 Å². The quantitative estimate of drug-likeness (QED) is 0.579. The fourth-order valence-electron chi connectivity index (χ4n) is 3.24. The van der Waals surface area contributed by atoms with Gasteiger partial charge in [0.25, 0.3) is 0 Å². The van der Waals surface area contributed by atoms with Crippen molar-refractivity contribution in [3.63, 3.8) is 0 Å². The topological polar surface area (TPSA) is 119 Å². The summed E-state index contributed by atoms with van der Waals surface area (Å²) in [6.07, 6.45) is -0.185. The van der Waals surface area contributed by atoms with Gasteiger partial charge in [-0.3, -0.25) is 15.4 Å². The summed E-state index contributed by atoms with van der Waals surface area (Å²) in [4.78, 5) is 24.7. The number of carbonyl (C=O) groups excluding carboxylic acids is 2. The summed E-state index contributed by atoms with van der Waals surface area (Å²) in [5, 5.41) is 16.4. The lowest BCUT2D eigenvalue weighted by molar-refractivity contribution is -0.125. The first-order valence-corrected chi connectivity index (χ1v) is 10.1. The van der Waals surface area contributed by atoms with Gasteiger partial charge in [0.05, 0.1) is 19.9 Å². The van der Waals surface area contributed by atoms with Crippen LogP contribution in [-0.2, 0) is 10.2 Å². The van der Waals surface area contributed by atoms with Gasteiger partial charge in [-0.1, -0.05) is 20.8 Å². The van der Waals surface area contributed by atoms with Crippen LogP contribution in [0.15, 0.2) is 24.3 Å². The van der Waals surface area contributed by atoms with Crippen molar-refractivity contribution >= 4 is 23.4 Å². The molecule has 1 aliphatic rings. The highest BCUT2D eigenvalue weighted by Gasteiger charge is 2.29. The third-order valence-corrected chi connectivity index (χ3v) is 4.86. The van der Waals surface area contributed by atoms with Crippen LogP contribution in [0.3, 0.4) is 0 Å². The van der Waals surface area contributed by atoms with Gasteiger partial charge in [0.1, 0.15) is 5.82 Å². The molecule has 2 heterocycles. The number of amides is 3. The smallest absolute Gasteiger partial charge is 0.324 e. The number of nitrogens with zero attached hydrogens (tertiary/aromatic N) is 2. The Hall–Kier alpha value is -3.27. The lowest BCUT2D eigenvalue weighted by atomic mass is 9.92. The molecule has 0 bridgehead atoms. The maximum absolute atomic E-state index is 12.7. The molecule has 1 saturated heterocycles. The van der Waals surface area contributed by atoms with E-state index in [9.17, 15) is 9.59 Å². The van der Waals surface area contributed by atoms with E-state index in [1.54, 1.807) is 36.1 Å². The number of urea groups is 1. The monoisotopic (exact) mass is 430 g/mol. The SMILES string of the molecule is COc1ccc(NC(=O)Nc2cc(C(C)(C)C)nn2C2NC(=O)CC(C)N2)cc1OC. The first-order chi connectivity index (χ1) is 14.6. The van der Waals surface area contributed by atoms with Gasteiger partial charge in [-0.15, -0.1) is 0 Å². The molecule has 3 rings (SSSR count). The highest BCUT2D eigenvalue weighted by molar-refractivity contribution is 5.99. The standard InChI is InChI=1S/C21H30N6O4/c1-12-9-18(28)25-19(22-12)27-17(11-16(26-27)21(2,3)4)24-20(29)23-13-7-8-14(30-5)15(10-13)31-6/h7-8,10-12,19,22H,9H2,1-6H3,(H,25,28)(H2,23,24,29). The Morgan fingerprint density at radius 1 is 1.16 bits per heavy atom. The first kappa shape index (κ1) is 22.4. The zero-order valence-corrected chi connectivity index (χ0v) is 18.7. The van der Waals surface area contributed by atoms with E-state index in [4.69, 9.17) is 9.47 Å². The fraction of sp³-hybridized carbons (Fsp3) is 0.476. The Bertz CT molecular complexity index is 965. The van der Waals surface area contributed by atoms with Crippen LogP contribution in [0.5, 0.6) is 11.5 Å². The van der Waals surface area contributed by atoms with Crippen LogP contribution in [0.2, 0.25) is 0 Å². The van der Waals surface area contributed by atoms with E-state index in [0.717, 1.165) is 5.69 Å². The van der Waals surface area contributed by atoms with Crippen molar-refractivity contribution in [1.82, 2.24) is 20.4 Å². The Balaban J connectivity index is 1.83. The number of anilines is 2. The first-order valence-electron chi connectivity index (χ1n) is 10.1. The number of aromatic nitrogens is 2. The molecule has 4 N–H and O–H groups in total. The number of methoxy groups -OCH3 is 2. The molecule has 1 fully saturated rings. The lowest BCUT2D eigenvalue weighted by Crippen LogP contribution is -2.52. The van der Waals surface area contributed by atoms with Gasteiger partial charge in [0, 0.05) is 35.7 Å². The Morgan fingerprint density at radius 3 is 2.48 bits per heavy atom. The molecule has 3 amide bonds. The second-order valence-corrected chi connectivity index (χ2v) is 8.50. The third-order valence-electron chi connectivity index (χ3n) is 4.86. The van der Waals surface area contributed by atoms with E-state index in [0.29, 0.717) is 29.4 Å². The summed E-state index contributed by atoms with van der Waals surface area (Å²) in [6, 6.07) is 6.42. The molecule has 0 spiro atoms. The molecule has 1 aromatic carbocycles. The minimum Gasteiger partial charge on any atom is -0.493 e. The zero-order chi connectivity index (χ0) is 22.8. The maximum atomic E-state index is 12.7. The van der Waals surface area contributed by atoms with E-state index >= 15 is 0 Å². The van der Waals surface area contributed by atoms with Crippen LogP contribution in [-0.4, -0.2) is 42.0 Å². The summed E-state index contributed by atoms with van der Waals surface area (Å²) in [5.74, 6) is 1.44. The van der Waals surface area contributed by atoms with Crippen LogP contribution in [0, 0.1) is 0 Å². The number of carbonyl (C=O) groups is 2. The largest absolute Gasteiger partial charge is 0.493 e. The number of benzene rings is 1. The summed E-state index contributed by atoms with van der Waals surface area (Å²) in [7, 11) is 3.07. The highest BCUT2D eigenvalue weighted by atomic mass is 16.5. The van der Waals surface area contributed by atoms with Crippen LogP contribution in [0.4, 0.5) is 16.3 Å². The van der Waals surface area contributed by atoms with Crippen LogP contribution < -0.4 is 30.7 Å². The van der Waals surface area contributed by atoms with Crippen molar-refractivity contribution in [1.29, 1.82) is 0 Å². The van der Waals surface area contributed by atoms with Crippen molar-refractivity contribution in [2.75, 3.05) is 24.9 Å². The molecular formula is C21H30N6O4. The number of hydrogen-bond donors (Lipinski definition) is 4. The van der Waals surface area contributed by atoms with Crippen LogP contribution in [0.25, 0.3) is 0 Å². The predicted octanol–water partition coefficient (Wildman–Crippen LogP) is 2.80. The van der Waals surface area contributed by atoms with E-state index in [1.165, 1.54) is 7.11 Å². The minimum atomic E-state index is -0.566. The van der Waals surface area contributed by atoms with Crippen molar-refractivity contribution in [2.45, 2.75) is 51.9 Å². The number of hydrogen-bond acceptors (Lipinski definition) is 6. The van der Waals surface area contributed by atoms with Crippen molar-refractivity contribution in [3.8, 4) is 11.5 Å². The average molecular weight is 431 g/mol. The number of rotatable bonds is 5. The molecule has 1 aliphatic heterocycles. The van der Waals surface area contributed by atoms with E-state index < -0.39 is 12.3 Å². The minimum absolute atomic E-state index is 0.0190. The third kappa shape index (κ3) is 5.26. The molecule has 2 aromatic rings. The Morgan fingerprint density at radius 2 is 1.87 bits per heavy atom. The maximum Gasteiger partial charge on any atom is 0.324 e. The number of ether oxygens (including phenoxy) is 2. The van der Waals surface area contributed by atoms with Gasteiger partial charge in [-0.2, -0.15) is 5.10 Å². The molecule has 31 heavy (non-hydrogen) atoms. The summed E-state index contributed by atoms with van der Waals surface area (Å²) < 4.78 is 12.1. The molecule has 2 unspecified atom stereocenters. The normalized spacial score (nSPS) is 18.8.